The SMILES string of the molecule is Cc1ccccc1C(C)(O)C(C)N. The van der Waals surface area contributed by atoms with Crippen LogP contribution in [0.2, 0.25) is 0 Å². The third kappa shape index (κ3) is 1.90. The molecule has 0 radical (unpaired) electrons. The highest BCUT2D eigenvalue weighted by atomic mass is 16.3. The molecule has 0 amide bonds. The Morgan fingerprint density at radius 3 is 2.38 bits per heavy atom. The van der Waals surface area contributed by atoms with Crippen molar-refractivity contribution in [2.45, 2.75) is 32.4 Å². The minimum absolute atomic E-state index is 0.270. The van der Waals surface area contributed by atoms with Crippen LogP contribution in [0.5, 0.6) is 0 Å². The van der Waals surface area contributed by atoms with Crippen molar-refractivity contribution in [3.63, 3.8) is 0 Å². The van der Waals surface area contributed by atoms with Gasteiger partial charge in [-0.15, -0.1) is 0 Å². The summed E-state index contributed by atoms with van der Waals surface area (Å²) < 4.78 is 0. The Morgan fingerprint density at radius 2 is 1.92 bits per heavy atom. The van der Waals surface area contributed by atoms with E-state index in [1.165, 1.54) is 0 Å². The van der Waals surface area contributed by atoms with Gasteiger partial charge in [0.15, 0.2) is 0 Å². The lowest BCUT2D eigenvalue weighted by atomic mass is 9.87. The van der Waals surface area contributed by atoms with Crippen LogP contribution in [0.15, 0.2) is 24.3 Å². The molecule has 0 aromatic heterocycles. The number of hydrogen-bond acceptors (Lipinski definition) is 2. The Morgan fingerprint density at radius 1 is 1.38 bits per heavy atom. The second-order valence-corrected chi connectivity index (χ2v) is 3.75. The van der Waals surface area contributed by atoms with Gasteiger partial charge in [-0.1, -0.05) is 24.3 Å². The van der Waals surface area contributed by atoms with Crippen molar-refractivity contribution in [1.82, 2.24) is 0 Å². The van der Waals surface area contributed by atoms with Gasteiger partial charge < -0.3 is 10.8 Å². The number of aliphatic hydroxyl groups is 1. The van der Waals surface area contributed by atoms with Crippen LogP contribution in [-0.2, 0) is 5.60 Å². The van der Waals surface area contributed by atoms with Crippen LogP contribution in [0.4, 0.5) is 0 Å². The monoisotopic (exact) mass is 179 g/mol. The Kier molecular flexibility index (Phi) is 2.74. The average Bonchev–Trinajstić information content (AvgIpc) is 2.04. The first-order valence-corrected chi connectivity index (χ1v) is 4.50. The maximum Gasteiger partial charge on any atom is 0.102 e. The maximum absolute atomic E-state index is 10.1. The Balaban J connectivity index is 3.14. The summed E-state index contributed by atoms with van der Waals surface area (Å²) in [5.41, 5.74) is 6.76. The Labute approximate surface area is 79.4 Å². The Bertz CT molecular complexity index is 292. The van der Waals surface area contributed by atoms with E-state index in [2.05, 4.69) is 0 Å². The lowest BCUT2D eigenvalue weighted by Crippen LogP contribution is -2.41. The zero-order valence-electron chi connectivity index (χ0n) is 8.41. The molecule has 0 aliphatic heterocycles. The molecule has 72 valence electrons. The van der Waals surface area contributed by atoms with E-state index in [0.29, 0.717) is 0 Å². The molecule has 0 aliphatic rings. The summed E-state index contributed by atoms with van der Waals surface area (Å²) >= 11 is 0. The summed E-state index contributed by atoms with van der Waals surface area (Å²) in [7, 11) is 0. The van der Waals surface area contributed by atoms with E-state index in [0.717, 1.165) is 11.1 Å². The zero-order valence-corrected chi connectivity index (χ0v) is 8.41. The summed E-state index contributed by atoms with van der Waals surface area (Å²) in [6, 6.07) is 7.49. The first kappa shape index (κ1) is 10.2. The van der Waals surface area contributed by atoms with Gasteiger partial charge in [0.1, 0.15) is 5.60 Å². The highest BCUT2D eigenvalue weighted by molar-refractivity contribution is 5.31. The van der Waals surface area contributed by atoms with E-state index in [-0.39, 0.29) is 6.04 Å². The minimum atomic E-state index is -0.939. The van der Waals surface area contributed by atoms with E-state index in [9.17, 15) is 5.11 Å². The van der Waals surface area contributed by atoms with Crippen LogP contribution in [0, 0.1) is 6.92 Å². The molecule has 2 unspecified atom stereocenters. The molecule has 1 aromatic carbocycles. The van der Waals surface area contributed by atoms with Gasteiger partial charge in [-0.3, -0.25) is 0 Å². The van der Waals surface area contributed by atoms with Gasteiger partial charge in [-0.2, -0.15) is 0 Å². The molecule has 1 rings (SSSR count). The molecule has 0 saturated heterocycles. The quantitative estimate of drug-likeness (QED) is 0.723. The normalized spacial score (nSPS) is 17.9. The van der Waals surface area contributed by atoms with Crippen molar-refractivity contribution < 1.29 is 5.11 Å². The van der Waals surface area contributed by atoms with E-state index in [4.69, 9.17) is 5.73 Å². The van der Waals surface area contributed by atoms with E-state index in [1.54, 1.807) is 6.92 Å². The fourth-order valence-electron chi connectivity index (χ4n) is 1.39. The minimum Gasteiger partial charge on any atom is -0.384 e. The lowest BCUT2D eigenvalue weighted by molar-refractivity contribution is 0.0343. The van der Waals surface area contributed by atoms with E-state index < -0.39 is 5.60 Å². The highest BCUT2D eigenvalue weighted by Crippen LogP contribution is 2.25. The highest BCUT2D eigenvalue weighted by Gasteiger charge is 2.28. The molecule has 3 N–H and O–H groups in total. The molecule has 0 fully saturated rings. The number of aryl methyl sites for hydroxylation is 1. The molecule has 0 bridgehead atoms. The third-order valence-electron chi connectivity index (χ3n) is 2.58. The number of hydrogen-bond donors (Lipinski definition) is 2. The van der Waals surface area contributed by atoms with E-state index in [1.807, 2.05) is 38.1 Å². The largest absolute Gasteiger partial charge is 0.384 e. The van der Waals surface area contributed by atoms with Crippen LogP contribution in [0.25, 0.3) is 0 Å². The van der Waals surface area contributed by atoms with Gasteiger partial charge in [-0.05, 0) is 31.9 Å². The summed E-state index contributed by atoms with van der Waals surface area (Å²) in [5.74, 6) is 0. The van der Waals surface area contributed by atoms with Crippen LogP contribution in [0.1, 0.15) is 25.0 Å². The van der Waals surface area contributed by atoms with Gasteiger partial charge in [-0.25, -0.2) is 0 Å². The van der Waals surface area contributed by atoms with Crippen molar-refractivity contribution in [2.24, 2.45) is 5.73 Å². The number of benzene rings is 1. The maximum atomic E-state index is 10.1. The van der Waals surface area contributed by atoms with Crippen molar-refractivity contribution in [3.8, 4) is 0 Å². The average molecular weight is 179 g/mol. The topological polar surface area (TPSA) is 46.2 Å². The van der Waals surface area contributed by atoms with Crippen molar-refractivity contribution in [3.05, 3.63) is 35.4 Å². The smallest absolute Gasteiger partial charge is 0.102 e. The molecule has 0 saturated carbocycles. The molecule has 1 aromatic rings. The molecule has 2 nitrogen and oxygen atoms in total. The summed E-state index contributed by atoms with van der Waals surface area (Å²) in [6.07, 6.45) is 0. The summed E-state index contributed by atoms with van der Waals surface area (Å²) in [6.45, 7) is 5.54. The molecule has 2 atom stereocenters. The molecular weight excluding hydrogens is 162 g/mol. The van der Waals surface area contributed by atoms with Crippen molar-refractivity contribution in [2.75, 3.05) is 0 Å². The number of rotatable bonds is 2. The van der Waals surface area contributed by atoms with Gasteiger partial charge in [0.25, 0.3) is 0 Å². The predicted molar refractivity (Wildman–Crippen MR) is 54.4 cm³/mol. The first-order valence-electron chi connectivity index (χ1n) is 4.50. The van der Waals surface area contributed by atoms with Crippen molar-refractivity contribution >= 4 is 0 Å². The fraction of sp³-hybridized carbons (Fsp3) is 0.455. The molecule has 0 spiro atoms. The lowest BCUT2D eigenvalue weighted by Gasteiger charge is -2.29. The summed E-state index contributed by atoms with van der Waals surface area (Å²) in [5, 5.41) is 10.1. The van der Waals surface area contributed by atoms with Crippen LogP contribution in [-0.4, -0.2) is 11.1 Å². The second-order valence-electron chi connectivity index (χ2n) is 3.75. The third-order valence-corrected chi connectivity index (χ3v) is 2.58. The number of nitrogens with two attached hydrogens (primary N) is 1. The van der Waals surface area contributed by atoms with Crippen molar-refractivity contribution in [1.29, 1.82) is 0 Å². The van der Waals surface area contributed by atoms with Crippen LogP contribution >= 0.6 is 0 Å². The van der Waals surface area contributed by atoms with E-state index >= 15 is 0 Å². The molecular formula is C11H17NO. The van der Waals surface area contributed by atoms with Gasteiger partial charge in [0, 0.05) is 6.04 Å². The van der Waals surface area contributed by atoms with Gasteiger partial charge in [0.05, 0.1) is 0 Å². The predicted octanol–water partition coefficient (Wildman–Crippen LogP) is 1.55. The zero-order chi connectivity index (χ0) is 10.1. The molecule has 13 heavy (non-hydrogen) atoms. The van der Waals surface area contributed by atoms with Crippen LogP contribution < -0.4 is 5.73 Å². The van der Waals surface area contributed by atoms with Gasteiger partial charge >= 0.3 is 0 Å². The molecule has 2 heteroatoms. The summed E-state index contributed by atoms with van der Waals surface area (Å²) in [4.78, 5) is 0. The first-order chi connectivity index (χ1) is 5.96. The molecule has 0 heterocycles. The standard InChI is InChI=1S/C11H17NO/c1-8-6-4-5-7-10(8)11(3,13)9(2)12/h4-7,9,13H,12H2,1-3H3. The van der Waals surface area contributed by atoms with Gasteiger partial charge in [0.2, 0.25) is 0 Å². The fourth-order valence-corrected chi connectivity index (χ4v) is 1.39. The second kappa shape index (κ2) is 3.48. The Hall–Kier alpha value is -0.860. The van der Waals surface area contributed by atoms with Crippen LogP contribution in [0.3, 0.4) is 0 Å². The molecule has 0 aliphatic carbocycles.